The summed E-state index contributed by atoms with van der Waals surface area (Å²) in [6, 6.07) is 22.6. The minimum absolute atomic E-state index is 0.0263. The number of nitrogens with zero attached hydrogens (tertiary/aromatic N) is 2. The summed E-state index contributed by atoms with van der Waals surface area (Å²) < 4.78 is 5.36. The van der Waals surface area contributed by atoms with Gasteiger partial charge in [-0.3, -0.25) is 4.79 Å². The first-order valence-electron chi connectivity index (χ1n) is 9.29. The number of aromatic nitrogens is 2. The lowest BCUT2D eigenvalue weighted by atomic mass is 10.0. The summed E-state index contributed by atoms with van der Waals surface area (Å²) in [4.78, 5) is 20.2. The Morgan fingerprint density at radius 2 is 1.93 bits per heavy atom. The van der Waals surface area contributed by atoms with Gasteiger partial charge < -0.3 is 15.0 Å². The molecule has 0 saturated carbocycles. The van der Waals surface area contributed by atoms with E-state index in [1.807, 2.05) is 54.6 Å². The first kappa shape index (κ1) is 19.0. The van der Waals surface area contributed by atoms with Crippen LogP contribution in [0.5, 0.6) is 5.75 Å². The third-order valence-electron chi connectivity index (χ3n) is 4.67. The molecule has 1 amide bonds. The van der Waals surface area contributed by atoms with Crippen molar-refractivity contribution in [1.82, 2.24) is 9.97 Å². The zero-order chi connectivity index (χ0) is 20.9. The number of methoxy groups -OCH3 is 1. The van der Waals surface area contributed by atoms with Gasteiger partial charge in [0.1, 0.15) is 23.2 Å². The van der Waals surface area contributed by atoms with E-state index in [0.29, 0.717) is 11.6 Å². The van der Waals surface area contributed by atoms with Crippen LogP contribution >= 0.6 is 0 Å². The van der Waals surface area contributed by atoms with E-state index in [1.165, 1.54) is 0 Å². The Bertz CT molecular complexity index is 1270. The Hall–Kier alpha value is -4.37. The lowest BCUT2D eigenvalue weighted by Crippen LogP contribution is -2.14. The molecular formula is C24H18N4O2. The standard InChI is InChI=1S/C24H18N4O2/c1-30-18-10-11-21-19(14-18)20(23(27-21)16-7-3-2-4-8-16)13-17(15-25)24(29)28-22-9-5-6-12-26-22/h2-14,27H,1H3,(H,26,28,29)/b17-13+. The molecule has 2 N–H and O–H groups in total. The van der Waals surface area contributed by atoms with Crippen molar-refractivity contribution in [3.63, 3.8) is 0 Å². The van der Waals surface area contributed by atoms with Gasteiger partial charge in [0.25, 0.3) is 5.91 Å². The molecule has 6 heteroatoms. The molecule has 4 aromatic rings. The van der Waals surface area contributed by atoms with Crippen LogP contribution in [-0.4, -0.2) is 23.0 Å². The van der Waals surface area contributed by atoms with Gasteiger partial charge in [-0.05, 0) is 42.0 Å². The molecule has 2 aromatic heterocycles. The van der Waals surface area contributed by atoms with Crippen LogP contribution in [-0.2, 0) is 4.79 Å². The van der Waals surface area contributed by atoms with E-state index >= 15 is 0 Å². The van der Waals surface area contributed by atoms with Crippen LogP contribution in [0.25, 0.3) is 28.2 Å². The van der Waals surface area contributed by atoms with E-state index in [4.69, 9.17) is 4.74 Å². The average molecular weight is 394 g/mol. The van der Waals surface area contributed by atoms with Crippen molar-refractivity contribution in [2.45, 2.75) is 0 Å². The second-order valence-corrected chi connectivity index (χ2v) is 6.53. The largest absolute Gasteiger partial charge is 0.497 e. The number of hydrogen-bond acceptors (Lipinski definition) is 4. The van der Waals surface area contributed by atoms with Crippen molar-refractivity contribution in [2.75, 3.05) is 12.4 Å². The molecule has 6 nitrogen and oxygen atoms in total. The van der Waals surface area contributed by atoms with Crippen molar-refractivity contribution in [3.8, 4) is 23.1 Å². The normalized spacial score (nSPS) is 11.1. The summed E-state index contributed by atoms with van der Waals surface area (Å²) in [6.07, 6.45) is 3.17. The molecule has 0 aliphatic heterocycles. The summed E-state index contributed by atoms with van der Waals surface area (Å²) in [6.45, 7) is 0. The maximum absolute atomic E-state index is 12.7. The van der Waals surface area contributed by atoms with Crippen molar-refractivity contribution >= 4 is 28.7 Å². The summed E-state index contributed by atoms with van der Waals surface area (Å²) in [5.74, 6) is 0.548. The number of fused-ring (bicyclic) bond motifs is 1. The van der Waals surface area contributed by atoms with Crippen LogP contribution in [0.15, 0.2) is 78.5 Å². The van der Waals surface area contributed by atoms with E-state index in [0.717, 1.165) is 27.7 Å². The van der Waals surface area contributed by atoms with Crippen LogP contribution in [0.2, 0.25) is 0 Å². The van der Waals surface area contributed by atoms with Crippen molar-refractivity contribution in [2.24, 2.45) is 0 Å². The Kier molecular flexibility index (Phi) is 5.27. The van der Waals surface area contributed by atoms with Gasteiger partial charge in [-0.25, -0.2) is 4.98 Å². The highest BCUT2D eigenvalue weighted by atomic mass is 16.5. The molecule has 146 valence electrons. The number of rotatable bonds is 5. The fraction of sp³-hybridized carbons (Fsp3) is 0.0417. The van der Waals surface area contributed by atoms with Gasteiger partial charge in [0.2, 0.25) is 0 Å². The molecule has 0 unspecified atom stereocenters. The zero-order valence-electron chi connectivity index (χ0n) is 16.2. The summed E-state index contributed by atoms with van der Waals surface area (Å²) >= 11 is 0. The molecule has 0 bridgehead atoms. The van der Waals surface area contributed by atoms with Crippen LogP contribution < -0.4 is 10.1 Å². The molecule has 0 saturated heterocycles. The molecule has 2 heterocycles. The van der Waals surface area contributed by atoms with E-state index in [2.05, 4.69) is 15.3 Å². The maximum Gasteiger partial charge on any atom is 0.267 e. The number of carbonyl (C=O) groups excluding carboxylic acids is 1. The van der Waals surface area contributed by atoms with Gasteiger partial charge in [-0.2, -0.15) is 5.26 Å². The second-order valence-electron chi connectivity index (χ2n) is 6.53. The van der Waals surface area contributed by atoms with Gasteiger partial charge in [0.05, 0.1) is 12.8 Å². The number of anilines is 1. The quantitative estimate of drug-likeness (QED) is 0.376. The lowest BCUT2D eigenvalue weighted by molar-refractivity contribution is -0.112. The number of nitriles is 1. The molecule has 0 atom stereocenters. The average Bonchev–Trinajstić information content (AvgIpc) is 3.16. The number of ether oxygens (including phenoxy) is 1. The van der Waals surface area contributed by atoms with Gasteiger partial charge in [-0.1, -0.05) is 36.4 Å². The molecule has 0 radical (unpaired) electrons. The summed E-state index contributed by atoms with van der Waals surface area (Å²) in [7, 11) is 1.60. The summed E-state index contributed by atoms with van der Waals surface area (Å²) in [5.41, 5.74) is 3.35. The van der Waals surface area contributed by atoms with Crippen LogP contribution in [0.3, 0.4) is 0 Å². The minimum Gasteiger partial charge on any atom is -0.497 e. The van der Waals surface area contributed by atoms with E-state index < -0.39 is 5.91 Å². The highest BCUT2D eigenvalue weighted by Crippen LogP contribution is 2.34. The molecule has 0 spiro atoms. The van der Waals surface area contributed by atoms with Crippen molar-refractivity contribution < 1.29 is 9.53 Å². The van der Waals surface area contributed by atoms with Gasteiger partial charge in [0, 0.05) is 22.7 Å². The van der Waals surface area contributed by atoms with Crippen molar-refractivity contribution in [3.05, 3.63) is 84.1 Å². The van der Waals surface area contributed by atoms with Crippen LogP contribution in [0.1, 0.15) is 5.56 Å². The number of H-pyrrole nitrogens is 1. The number of hydrogen-bond donors (Lipinski definition) is 2. The molecule has 2 aromatic carbocycles. The highest BCUT2D eigenvalue weighted by molar-refractivity contribution is 6.11. The Morgan fingerprint density at radius 3 is 2.63 bits per heavy atom. The SMILES string of the molecule is COc1ccc2[nH]c(-c3ccccc3)c(/C=C(\C#N)C(=O)Nc3ccccn3)c2c1. The Balaban J connectivity index is 1.84. The third-order valence-corrected chi connectivity index (χ3v) is 4.67. The first-order valence-corrected chi connectivity index (χ1v) is 9.29. The lowest BCUT2D eigenvalue weighted by Gasteiger charge is -2.05. The topological polar surface area (TPSA) is 90.8 Å². The number of nitrogens with one attached hydrogen (secondary N) is 2. The number of aromatic amines is 1. The van der Waals surface area contributed by atoms with Crippen molar-refractivity contribution in [1.29, 1.82) is 5.26 Å². The van der Waals surface area contributed by atoms with Gasteiger partial charge in [0.15, 0.2) is 0 Å². The number of amides is 1. The predicted octanol–water partition coefficient (Wildman–Crippen LogP) is 4.78. The second kappa shape index (κ2) is 8.33. The third kappa shape index (κ3) is 3.77. The van der Waals surface area contributed by atoms with E-state index in [9.17, 15) is 10.1 Å². The fourth-order valence-corrected chi connectivity index (χ4v) is 3.21. The molecule has 0 fully saturated rings. The van der Waals surface area contributed by atoms with Gasteiger partial charge in [-0.15, -0.1) is 0 Å². The molecule has 30 heavy (non-hydrogen) atoms. The fourth-order valence-electron chi connectivity index (χ4n) is 3.21. The van der Waals surface area contributed by atoms with Gasteiger partial charge >= 0.3 is 0 Å². The Labute approximate surface area is 173 Å². The zero-order valence-corrected chi connectivity index (χ0v) is 16.2. The molecular weight excluding hydrogens is 376 g/mol. The van der Waals surface area contributed by atoms with Crippen LogP contribution in [0, 0.1) is 11.3 Å². The monoisotopic (exact) mass is 394 g/mol. The smallest absolute Gasteiger partial charge is 0.267 e. The molecule has 0 aliphatic carbocycles. The predicted molar refractivity (Wildman–Crippen MR) is 117 cm³/mol. The number of pyridine rings is 1. The molecule has 4 rings (SSSR count). The summed E-state index contributed by atoms with van der Waals surface area (Å²) in [5, 5.41) is 13.2. The van der Waals surface area contributed by atoms with Crippen LogP contribution in [0.4, 0.5) is 5.82 Å². The van der Waals surface area contributed by atoms with E-state index in [-0.39, 0.29) is 5.57 Å². The maximum atomic E-state index is 12.7. The minimum atomic E-state index is -0.521. The molecule has 0 aliphatic rings. The first-order chi connectivity index (χ1) is 14.7. The highest BCUT2D eigenvalue weighted by Gasteiger charge is 2.16. The number of benzene rings is 2. The Morgan fingerprint density at radius 1 is 1.13 bits per heavy atom. The number of carbonyl (C=O) groups is 1. The van der Waals surface area contributed by atoms with E-state index in [1.54, 1.807) is 37.6 Å².